The van der Waals surface area contributed by atoms with Gasteiger partial charge in [-0.25, -0.2) is 4.98 Å². The molecule has 1 aromatic heterocycles. The summed E-state index contributed by atoms with van der Waals surface area (Å²) in [5.74, 6) is 1.12. The van der Waals surface area contributed by atoms with Crippen LogP contribution in [0.4, 0.5) is 5.82 Å². The molecule has 2 heterocycles. The van der Waals surface area contributed by atoms with Crippen molar-refractivity contribution >= 4 is 23.2 Å². The summed E-state index contributed by atoms with van der Waals surface area (Å²) >= 11 is 5.73. The van der Waals surface area contributed by atoms with Crippen molar-refractivity contribution in [3.8, 4) is 0 Å². The number of nitrogens with zero attached hydrogens (tertiary/aromatic N) is 2. The van der Waals surface area contributed by atoms with Gasteiger partial charge in [-0.2, -0.15) is 0 Å². The SMILES string of the molecule is O=C1CCCN(c2ccc(Cl)cn2)C1. The lowest BCUT2D eigenvalue weighted by atomic mass is 10.1. The number of hydrogen-bond acceptors (Lipinski definition) is 3. The van der Waals surface area contributed by atoms with E-state index in [9.17, 15) is 4.79 Å². The highest BCUT2D eigenvalue weighted by Gasteiger charge is 2.17. The number of Topliss-reactive ketones (excluding diaryl/α,β-unsaturated/α-hetero) is 1. The number of ketones is 1. The second-order valence-corrected chi connectivity index (χ2v) is 3.83. The van der Waals surface area contributed by atoms with Gasteiger partial charge in [-0.1, -0.05) is 11.6 Å². The topological polar surface area (TPSA) is 33.2 Å². The van der Waals surface area contributed by atoms with Crippen LogP contribution in [0.2, 0.25) is 5.02 Å². The van der Waals surface area contributed by atoms with Crippen LogP contribution in [0.1, 0.15) is 12.8 Å². The van der Waals surface area contributed by atoms with Gasteiger partial charge in [0.1, 0.15) is 5.82 Å². The molecule has 0 spiro atoms. The fraction of sp³-hybridized carbons (Fsp3) is 0.400. The molecule has 0 N–H and O–H groups in total. The van der Waals surface area contributed by atoms with Gasteiger partial charge in [-0.3, -0.25) is 4.79 Å². The Labute approximate surface area is 87.7 Å². The molecule has 2 rings (SSSR count). The van der Waals surface area contributed by atoms with Crippen molar-refractivity contribution in [2.24, 2.45) is 0 Å². The summed E-state index contributed by atoms with van der Waals surface area (Å²) in [4.78, 5) is 17.4. The highest BCUT2D eigenvalue weighted by molar-refractivity contribution is 6.30. The molecule has 14 heavy (non-hydrogen) atoms. The van der Waals surface area contributed by atoms with Gasteiger partial charge in [0.25, 0.3) is 0 Å². The molecule has 74 valence electrons. The van der Waals surface area contributed by atoms with Crippen LogP contribution in [-0.4, -0.2) is 23.9 Å². The summed E-state index contributed by atoms with van der Waals surface area (Å²) < 4.78 is 0. The van der Waals surface area contributed by atoms with Crippen molar-refractivity contribution in [3.63, 3.8) is 0 Å². The van der Waals surface area contributed by atoms with Crippen LogP contribution in [0.3, 0.4) is 0 Å². The molecule has 1 aliphatic rings. The third-order valence-electron chi connectivity index (χ3n) is 2.29. The molecular formula is C10H11ClN2O. The van der Waals surface area contributed by atoms with Gasteiger partial charge in [-0.15, -0.1) is 0 Å². The third kappa shape index (κ3) is 2.04. The third-order valence-corrected chi connectivity index (χ3v) is 2.51. The Morgan fingerprint density at radius 3 is 2.93 bits per heavy atom. The van der Waals surface area contributed by atoms with E-state index < -0.39 is 0 Å². The minimum atomic E-state index is 0.285. The van der Waals surface area contributed by atoms with Gasteiger partial charge in [0.05, 0.1) is 11.6 Å². The van der Waals surface area contributed by atoms with E-state index in [0.29, 0.717) is 18.0 Å². The lowest BCUT2D eigenvalue weighted by Crippen LogP contribution is -2.35. The Morgan fingerprint density at radius 1 is 1.43 bits per heavy atom. The highest BCUT2D eigenvalue weighted by atomic mass is 35.5. The van der Waals surface area contributed by atoms with Crippen LogP contribution < -0.4 is 4.90 Å². The minimum absolute atomic E-state index is 0.285. The van der Waals surface area contributed by atoms with Crippen LogP contribution in [-0.2, 0) is 4.79 Å². The number of carbonyl (C=O) groups is 1. The summed E-state index contributed by atoms with van der Waals surface area (Å²) in [6.07, 6.45) is 3.23. The first-order chi connectivity index (χ1) is 6.75. The summed E-state index contributed by atoms with van der Waals surface area (Å²) in [5, 5.41) is 0.622. The van der Waals surface area contributed by atoms with Gasteiger partial charge in [0.15, 0.2) is 5.78 Å². The molecule has 0 radical (unpaired) electrons. The maximum absolute atomic E-state index is 11.2. The van der Waals surface area contributed by atoms with Crippen molar-refractivity contribution in [3.05, 3.63) is 23.4 Å². The molecule has 3 nitrogen and oxygen atoms in total. The lowest BCUT2D eigenvalue weighted by Gasteiger charge is -2.26. The molecule has 1 aromatic rings. The Hall–Kier alpha value is -1.09. The molecule has 1 saturated heterocycles. The normalized spacial score (nSPS) is 17.2. The first kappa shape index (κ1) is 9.46. The molecule has 1 fully saturated rings. The van der Waals surface area contributed by atoms with Crippen molar-refractivity contribution in [1.29, 1.82) is 0 Å². The number of carbonyl (C=O) groups excluding carboxylic acids is 1. The number of aromatic nitrogens is 1. The van der Waals surface area contributed by atoms with Gasteiger partial charge in [0.2, 0.25) is 0 Å². The van der Waals surface area contributed by atoms with Crippen molar-refractivity contribution in [1.82, 2.24) is 4.98 Å². The average Bonchev–Trinajstić information content (AvgIpc) is 2.19. The molecule has 0 bridgehead atoms. The summed E-state index contributed by atoms with van der Waals surface area (Å²) in [7, 11) is 0. The van der Waals surface area contributed by atoms with E-state index in [1.165, 1.54) is 0 Å². The summed E-state index contributed by atoms with van der Waals surface area (Å²) in [5.41, 5.74) is 0. The Bertz CT molecular complexity index is 336. The van der Waals surface area contributed by atoms with E-state index in [2.05, 4.69) is 4.98 Å². The summed E-state index contributed by atoms with van der Waals surface area (Å²) in [6.45, 7) is 1.38. The molecule has 0 unspecified atom stereocenters. The van der Waals surface area contributed by atoms with Crippen LogP contribution in [0.15, 0.2) is 18.3 Å². The Morgan fingerprint density at radius 2 is 2.29 bits per heavy atom. The van der Waals surface area contributed by atoms with Gasteiger partial charge in [0, 0.05) is 19.2 Å². The Kier molecular flexibility index (Phi) is 2.68. The van der Waals surface area contributed by atoms with Crippen molar-refractivity contribution in [2.45, 2.75) is 12.8 Å². The number of rotatable bonds is 1. The molecule has 0 atom stereocenters. The molecule has 0 aliphatic carbocycles. The second kappa shape index (κ2) is 3.96. The van der Waals surface area contributed by atoms with E-state index in [-0.39, 0.29) is 5.78 Å². The predicted molar refractivity (Wildman–Crippen MR) is 55.7 cm³/mol. The zero-order valence-corrected chi connectivity index (χ0v) is 8.50. The monoisotopic (exact) mass is 210 g/mol. The number of hydrogen-bond donors (Lipinski definition) is 0. The van der Waals surface area contributed by atoms with E-state index >= 15 is 0 Å². The number of pyridine rings is 1. The largest absolute Gasteiger partial charge is 0.349 e. The number of anilines is 1. The second-order valence-electron chi connectivity index (χ2n) is 3.40. The predicted octanol–water partition coefficient (Wildman–Crippen LogP) is 1.90. The van der Waals surface area contributed by atoms with Crippen molar-refractivity contribution in [2.75, 3.05) is 18.0 Å². The maximum atomic E-state index is 11.2. The molecular weight excluding hydrogens is 200 g/mol. The van der Waals surface area contributed by atoms with Gasteiger partial charge in [-0.05, 0) is 18.6 Å². The molecule has 0 amide bonds. The fourth-order valence-electron chi connectivity index (χ4n) is 1.59. The highest BCUT2D eigenvalue weighted by Crippen LogP contribution is 2.17. The van der Waals surface area contributed by atoms with Crippen LogP contribution in [0.25, 0.3) is 0 Å². The maximum Gasteiger partial charge on any atom is 0.152 e. The van der Waals surface area contributed by atoms with Crippen LogP contribution in [0.5, 0.6) is 0 Å². The number of piperidine rings is 1. The molecule has 0 saturated carbocycles. The zero-order chi connectivity index (χ0) is 9.97. The first-order valence-electron chi connectivity index (χ1n) is 4.64. The van der Waals surface area contributed by atoms with E-state index in [0.717, 1.165) is 18.8 Å². The van der Waals surface area contributed by atoms with Crippen LogP contribution in [0, 0.1) is 0 Å². The first-order valence-corrected chi connectivity index (χ1v) is 5.02. The molecule has 1 aliphatic heterocycles. The van der Waals surface area contributed by atoms with E-state index in [1.54, 1.807) is 12.3 Å². The zero-order valence-electron chi connectivity index (χ0n) is 7.74. The lowest BCUT2D eigenvalue weighted by molar-refractivity contribution is -0.118. The average molecular weight is 211 g/mol. The number of halogens is 1. The van der Waals surface area contributed by atoms with Gasteiger partial charge >= 0.3 is 0 Å². The Balaban J connectivity index is 2.14. The smallest absolute Gasteiger partial charge is 0.152 e. The van der Waals surface area contributed by atoms with Crippen molar-refractivity contribution < 1.29 is 4.79 Å². The molecule has 0 aromatic carbocycles. The summed E-state index contributed by atoms with van der Waals surface area (Å²) in [6, 6.07) is 3.64. The van der Waals surface area contributed by atoms with E-state index in [1.807, 2.05) is 11.0 Å². The van der Waals surface area contributed by atoms with Crippen LogP contribution >= 0.6 is 11.6 Å². The molecule has 4 heteroatoms. The minimum Gasteiger partial charge on any atom is -0.349 e. The van der Waals surface area contributed by atoms with E-state index in [4.69, 9.17) is 11.6 Å². The standard InChI is InChI=1S/C10H11ClN2O/c11-8-3-4-10(12-6-8)13-5-1-2-9(14)7-13/h3-4,6H,1-2,5,7H2. The quantitative estimate of drug-likeness (QED) is 0.710. The fourth-order valence-corrected chi connectivity index (χ4v) is 1.70. The van der Waals surface area contributed by atoms with Gasteiger partial charge < -0.3 is 4.90 Å².